The van der Waals surface area contributed by atoms with E-state index in [1.54, 1.807) is 12.3 Å². The Hall–Kier alpha value is -3.15. The van der Waals surface area contributed by atoms with Crippen LogP contribution in [-0.2, 0) is 6.42 Å². The van der Waals surface area contributed by atoms with Gasteiger partial charge in [0.25, 0.3) is 0 Å². The molecule has 0 fully saturated rings. The van der Waals surface area contributed by atoms with Crippen molar-refractivity contribution < 1.29 is 0 Å². The van der Waals surface area contributed by atoms with Gasteiger partial charge in [-0.25, -0.2) is 4.98 Å². The minimum atomic E-state index is 0.349. The minimum Gasteiger partial charge on any atom is -0.394 e. The van der Waals surface area contributed by atoms with Crippen LogP contribution >= 0.6 is 0 Å². The zero-order valence-corrected chi connectivity index (χ0v) is 21.8. The Bertz CT molecular complexity index is 1170. The molecule has 0 amide bonds. The number of rotatable bonds is 11. The van der Waals surface area contributed by atoms with Gasteiger partial charge in [0.15, 0.2) is 0 Å². The first kappa shape index (κ1) is 25.5. The van der Waals surface area contributed by atoms with Crippen LogP contribution in [0.25, 0.3) is 22.3 Å². The van der Waals surface area contributed by atoms with E-state index >= 15 is 0 Å². The maximum atomic E-state index is 8.32. The number of aromatic nitrogens is 3. The summed E-state index contributed by atoms with van der Waals surface area (Å²) < 4.78 is 2.45. The second kappa shape index (κ2) is 11.3. The van der Waals surface area contributed by atoms with Crippen molar-refractivity contribution in [2.45, 2.75) is 72.8 Å². The molecular formula is C28H40N6. The zero-order valence-electron chi connectivity index (χ0n) is 21.8. The first-order chi connectivity index (χ1) is 16.4. The molecule has 182 valence electrons. The highest BCUT2D eigenvalue weighted by molar-refractivity contribution is 5.99. The molecular weight excluding hydrogens is 420 g/mol. The summed E-state index contributed by atoms with van der Waals surface area (Å²) in [6, 6.07) is 6.63. The molecule has 3 aromatic rings. The van der Waals surface area contributed by atoms with Crippen LogP contribution in [0.1, 0.15) is 76.4 Å². The van der Waals surface area contributed by atoms with Gasteiger partial charge in [-0.2, -0.15) is 0 Å². The van der Waals surface area contributed by atoms with Gasteiger partial charge in [0, 0.05) is 30.5 Å². The Balaban J connectivity index is 2.27. The van der Waals surface area contributed by atoms with Gasteiger partial charge in [-0.15, -0.1) is 0 Å². The summed E-state index contributed by atoms with van der Waals surface area (Å²) in [5.74, 6) is 0.349. The summed E-state index contributed by atoms with van der Waals surface area (Å²) in [5.41, 5.74) is 9.37. The van der Waals surface area contributed by atoms with Crippen LogP contribution in [0.3, 0.4) is 0 Å². The summed E-state index contributed by atoms with van der Waals surface area (Å²) in [5, 5.41) is 14.8. The van der Waals surface area contributed by atoms with Gasteiger partial charge in [0.1, 0.15) is 0 Å². The van der Waals surface area contributed by atoms with Gasteiger partial charge in [-0.05, 0) is 75.1 Å². The number of nitrogens with one attached hydrogen (secondary N) is 3. The largest absolute Gasteiger partial charge is 0.394 e. The van der Waals surface area contributed by atoms with E-state index in [2.05, 4.69) is 68.9 Å². The topological polar surface area (TPSA) is 78.6 Å². The van der Waals surface area contributed by atoms with E-state index < -0.39 is 0 Å². The van der Waals surface area contributed by atoms with Gasteiger partial charge in [-0.3, -0.25) is 4.98 Å². The lowest BCUT2D eigenvalue weighted by Crippen LogP contribution is -2.14. The standard InChI is InChI=1S/C28H40N6/c1-8-18(4)26-22(12-11-14-31-26)23-16-24(32-17-21(29)13-15-30-7)28-27(33-23)20(6)25(10-3)34(28)19(5)9-2/h11-16,18-19,29-30H,8-10,17H2,1-7H3,(H,32,33)/b15-13-,29-21?. The average molecular weight is 461 g/mol. The monoisotopic (exact) mass is 460 g/mol. The van der Waals surface area contributed by atoms with E-state index in [1.807, 2.05) is 19.3 Å². The first-order valence-corrected chi connectivity index (χ1v) is 12.5. The third-order valence-corrected chi connectivity index (χ3v) is 6.79. The normalized spacial score (nSPS) is 13.4. The van der Waals surface area contributed by atoms with Crippen molar-refractivity contribution in [3.05, 3.63) is 53.6 Å². The lowest BCUT2D eigenvalue weighted by atomic mass is 9.97. The SMILES string of the molecule is CCc1c(C)c2nc(-c3cccnc3C(C)CC)cc(NCC(=N)/C=C\NC)c2n1C(C)CC. The first-order valence-electron chi connectivity index (χ1n) is 12.5. The number of anilines is 1. The van der Waals surface area contributed by atoms with Crippen LogP contribution in [-0.4, -0.2) is 33.8 Å². The van der Waals surface area contributed by atoms with E-state index in [-0.39, 0.29) is 0 Å². The van der Waals surface area contributed by atoms with E-state index in [0.29, 0.717) is 24.2 Å². The summed E-state index contributed by atoms with van der Waals surface area (Å²) >= 11 is 0. The fourth-order valence-corrected chi connectivity index (χ4v) is 4.53. The fraction of sp³-hybridized carbons (Fsp3) is 0.464. The van der Waals surface area contributed by atoms with E-state index in [9.17, 15) is 0 Å². The fourth-order valence-electron chi connectivity index (χ4n) is 4.53. The van der Waals surface area contributed by atoms with Gasteiger partial charge in [0.05, 0.1) is 40.4 Å². The number of aryl methyl sites for hydroxylation is 1. The number of pyridine rings is 2. The molecule has 0 aliphatic heterocycles. The Morgan fingerprint density at radius 2 is 1.97 bits per heavy atom. The molecule has 0 radical (unpaired) electrons. The van der Waals surface area contributed by atoms with E-state index in [4.69, 9.17) is 15.4 Å². The lowest BCUT2D eigenvalue weighted by molar-refractivity contribution is 0.530. The number of nitrogens with zero attached hydrogens (tertiary/aromatic N) is 3. The molecule has 3 heterocycles. The maximum absolute atomic E-state index is 8.32. The van der Waals surface area contributed by atoms with Gasteiger partial charge >= 0.3 is 0 Å². The number of fused-ring (bicyclic) bond motifs is 1. The second-order valence-electron chi connectivity index (χ2n) is 9.05. The van der Waals surface area contributed by atoms with Crippen LogP contribution in [0, 0.1) is 12.3 Å². The van der Waals surface area contributed by atoms with E-state index in [1.165, 1.54) is 11.3 Å². The molecule has 3 aromatic heterocycles. The quantitative estimate of drug-likeness (QED) is 0.281. The summed E-state index contributed by atoms with van der Waals surface area (Å²) in [7, 11) is 1.84. The maximum Gasteiger partial charge on any atom is 0.0942 e. The van der Waals surface area contributed by atoms with Crippen molar-refractivity contribution in [2.75, 3.05) is 18.9 Å². The zero-order chi connectivity index (χ0) is 24.8. The summed E-state index contributed by atoms with van der Waals surface area (Å²) in [4.78, 5) is 9.96. The Kier molecular flexibility index (Phi) is 8.48. The molecule has 6 nitrogen and oxygen atoms in total. The van der Waals surface area contributed by atoms with Crippen molar-refractivity contribution in [1.82, 2.24) is 19.9 Å². The van der Waals surface area contributed by atoms with Gasteiger partial charge in [0.2, 0.25) is 0 Å². The van der Waals surface area contributed by atoms with Crippen molar-refractivity contribution >= 4 is 22.4 Å². The number of hydrogen-bond donors (Lipinski definition) is 3. The molecule has 0 aromatic carbocycles. The van der Waals surface area contributed by atoms with Gasteiger partial charge < -0.3 is 20.6 Å². The van der Waals surface area contributed by atoms with Crippen LogP contribution < -0.4 is 10.6 Å². The van der Waals surface area contributed by atoms with Crippen molar-refractivity contribution in [3.63, 3.8) is 0 Å². The third-order valence-electron chi connectivity index (χ3n) is 6.79. The Morgan fingerprint density at radius 1 is 1.21 bits per heavy atom. The van der Waals surface area contributed by atoms with Gasteiger partial charge in [-0.1, -0.05) is 27.7 Å². The number of hydrogen-bond acceptors (Lipinski definition) is 5. The van der Waals surface area contributed by atoms with Crippen LogP contribution in [0.4, 0.5) is 5.69 Å². The van der Waals surface area contributed by atoms with Crippen molar-refractivity contribution in [2.24, 2.45) is 0 Å². The van der Waals surface area contributed by atoms with Crippen molar-refractivity contribution in [1.29, 1.82) is 5.41 Å². The molecule has 34 heavy (non-hydrogen) atoms. The smallest absolute Gasteiger partial charge is 0.0942 e. The third kappa shape index (κ3) is 5.01. The highest BCUT2D eigenvalue weighted by atomic mass is 15.1. The predicted octanol–water partition coefficient (Wildman–Crippen LogP) is 6.62. The minimum absolute atomic E-state index is 0.349. The predicted molar refractivity (Wildman–Crippen MR) is 145 cm³/mol. The Morgan fingerprint density at radius 3 is 2.62 bits per heavy atom. The highest BCUT2D eigenvalue weighted by Gasteiger charge is 2.23. The molecule has 0 bridgehead atoms. The molecule has 2 unspecified atom stereocenters. The molecule has 3 rings (SSSR count). The van der Waals surface area contributed by atoms with Crippen LogP contribution in [0.2, 0.25) is 0 Å². The summed E-state index contributed by atoms with van der Waals surface area (Å²) in [6.45, 7) is 13.8. The molecule has 0 aliphatic carbocycles. The molecule has 3 N–H and O–H groups in total. The van der Waals surface area contributed by atoms with Crippen LogP contribution in [0.5, 0.6) is 0 Å². The molecule has 0 saturated heterocycles. The van der Waals surface area contributed by atoms with Crippen molar-refractivity contribution in [3.8, 4) is 11.3 Å². The molecule has 0 aliphatic rings. The Labute approximate surface area is 204 Å². The van der Waals surface area contributed by atoms with Crippen LogP contribution in [0.15, 0.2) is 36.7 Å². The second-order valence-corrected chi connectivity index (χ2v) is 9.05. The van der Waals surface area contributed by atoms with E-state index in [0.717, 1.165) is 52.9 Å². The highest BCUT2D eigenvalue weighted by Crippen LogP contribution is 2.38. The molecule has 6 heteroatoms. The molecule has 2 atom stereocenters. The molecule has 0 saturated carbocycles. The average Bonchev–Trinajstić information content (AvgIpc) is 3.16. The lowest BCUT2D eigenvalue weighted by Gasteiger charge is -2.20. The summed E-state index contributed by atoms with van der Waals surface area (Å²) in [6.07, 6.45) is 8.46. The molecule has 0 spiro atoms.